The number of fused-ring (bicyclic) bond motifs is 1. The number of hydrogen-bond acceptors (Lipinski definition) is 4. The quantitative estimate of drug-likeness (QED) is 0.615. The van der Waals surface area contributed by atoms with Crippen LogP contribution in [-0.4, -0.2) is 15.0 Å². The third-order valence-electron chi connectivity index (χ3n) is 3.88. The van der Waals surface area contributed by atoms with Crippen LogP contribution in [0.15, 0.2) is 64.1 Å². The van der Waals surface area contributed by atoms with Gasteiger partial charge in [-0.05, 0) is 53.6 Å². The lowest BCUT2D eigenvalue weighted by Crippen LogP contribution is -2.22. The van der Waals surface area contributed by atoms with Gasteiger partial charge < -0.3 is 9.15 Å². The zero-order valence-corrected chi connectivity index (χ0v) is 14.9. The molecule has 0 spiro atoms. The first kappa shape index (κ1) is 17.5. The van der Waals surface area contributed by atoms with Gasteiger partial charge in [0.2, 0.25) is 10.0 Å². The van der Waals surface area contributed by atoms with Gasteiger partial charge >= 0.3 is 0 Å². The number of ether oxygens (including phenoxy) is 1. The summed E-state index contributed by atoms with van der Waals surface area (Å²) in [5.74, 6) is 1.37. The number of nitrogens with one attached hydrogen (secondary N) is 1. The van der Waals surface area contributed by atoms with Crippen LogP contribution in [-0.2, 0) is 16.6 Å². The maximum Gasteiger partial charge on any atom is 0.240 e. The number of furan rings is 1. The Hall–Kier alpha value is -2.31. The van der Waals surface area contributed by atoms with Crippen molar-refractivity contribution in [2.75, 3.05) is 6.61 Å². The van der Waals surface area contributed by atoms with E-state index in [1.165, 1.54) is 6.26 Å². The SMILES string of the molecule is CCCCOc1ccc2cc(S(=O)(=O)NCc3ccco3)ccc2c1. The molecule has 0 atom stereocenters. The van der Waals surface area contributed by atoms with Crippen molar-refractivity contribution in [3.8, 4) is 5.75 Å². The third-order valence-corrected chi connectivity index (χ3v) is 5.28. The molecular weight excluding hydrogens is 338 g/mol. The molecule has 0 aliphatic carbocycles. The van der Waals surface area contributed by atoms with E-state index in [0.717, 1.165) is 29.4 Å². The second-order valence-corrected chi connectivity index (χ2v) is 7.54. The predicted molar refractivity (Wildman–Crippen MR) is 97.1 cm³/mol. The number of benzene rings is 2. The summed E-state index contributed by atoms with van der Waals surface area (Å²) in [4.78, 5) is 0.228. The molecule has 0 unspecified atom stereocenters. The van der Waals surface area contributed by atoms with E-state index in [1.807, 2.05) is 18.2 Å². The van der Waals surface area contributed by atoms with Crippen molar-refractivity contribution < 1.29 is 17.6 Å². The summed E-state index contributed by atoms with van der Waals surface area (Å²) >= 11 is 0. The van der Waals surface area contributed by atoms with Crippen LogP contribution < -0.4 is 9.46 Å². The normalized spacial score (nSPS) is 11.7. The van der Waals surface area contributed by atoms with Crippen LogP contribution in [0.3, 0.4) is 0 Å². The van der Waals surface area contributed by atoms with E-state index >= 15 is 0 Å². The molecule has 0 aliphatic heterocycles. The predicted octanol–water partition coefficient (Wildman–Crippen LogP) is 4.09. The average molecular weight is 359 g/mol. The van der Waals surface area contributed by atoms with Crippen LogP contribution in [0.4, 0.5) is 0 Å². The largest absolute Gasteiger partial charge is 0.494 e. The van der Waals surface area contributed by atoms with Crippen molar-refractivity contribution in [1.82, 2.24) is 4.72 Å². The lowest BCUT2D eigenvalue weighted by Gasteiger charge is -2.09. The fourth-order valence-corrected chi connectivity index (χ4v) is 3.48. The molecule has 6 heteroatoms. The highest BCUT2D eigenvalue weighted by Crippen LogP contribution is 2.24. The Morgan fingerprint density at radius 3 is 2.64 bits per heavy atom. The minimum Gasteiger partial charge on any atom is -0.494 e. The molecular formula is C19H21NO4S. The minimum absolute atomic E-state index is 0.123. The lowest BCUT2D eigenvalue weighted by molar-refractivity contribution is 0.310. The first-order chi connectivity index (χ1) is 12.1. The van der Waals surface area contributed by atoms with Gasteiger partial charge in [-0.25, -0.2) is 13.1 Å². The number of unbranched alkanes of at least 4 members (excludes halogenated alkanes) is 1. The molecule has 0 saturated heterocycles. The van der Waals surface area contributed by atoms with Gasteiger partial charge in [0.1, 0.15) is 11.5 Å². The Morgan fingerprint density at radius 1 is 1.08 bits per heavy atom. The van der Waals surface area contributed by atoms with Gasteiger partial charge in [-0.1, -0.05) is 25.5 Å². The maximum absolute atomic E-state index is 12.4. The van der Waals surface area contributed by atoms with E-state index in [2.05, 4.69) is 11.6 Å². The van der Waals surface area contributed by atoms with Crippen LogP contribution in [0.2, 0.25) is 0 Å². The molecule has 0 aliphatic rings. The smallest absolute Gasteiger partial charge is 0.240 e. The van der Waals surface area contributed by atoms with Crippen LogP contribution in [0.1, 0.15) is 25.5 Å². The monoisotopic (exact) mass is 359 g/mol. The zero-order valence-electron chi connectivity index (χ0n) is 14.1. The van der Waals surface area contributed by atoms with E-state index in [4.69, 9.17) is 9.15 Å². The van der Waals surface area contributed by atoms with Gasteiger partial charge in [-0.15, -0.1) is 0 Å². The Balaban J connectivity index is 1.77. The summed E-state index contributed by atoms with van der Waals surface area (Å²) < 4.78 is 38.3. The fraction of sp³-hybridized carbons (Fsp3) is 0.263. The highest BCUT2D eigenvalue weighted by Gasteiger charge is 2.15. The van der Waals surface area contributed by atoms with Crippen LogP contribution in [0.5, 0.6) is 5.75 Å². The molecule has 1 heterocycles. The third kappa shape index (κ3) is 4.41. The molecule has 2 aromatic carbocycles. The van der Waals surface area contributed by atoms with Crippen LogP contribution >= 0.6 is 0 Å². The molecule has 0 radical (unpaired) electrons. The number of hydrogen-bond donors (Lipinski definition) is 1. The van der Waals surface area contributed by atoms with E-state index in [-0.39, 0.29) is 11.4 Å². The van der Waals surface area contributed by atoms with Crippen molar-refractivity contribution in [3.05, 3.63) is 60.6 Å². The Kier molecular flexibility index (Phi) is 5.40. The van der Waals surface area contributed by atoms with Gasteiger partial charge in [0.25, 0.3) is 0 Å². The van der Waals surface area contributed by atoms with Crippen LogP contribution in [0, 0.1) is 0 Å². The van der Waals surface area contributed by atoms with Gasteiger partial charge in [0.05, 0.1) is 24.3 Å². The van der Waals surface area contributed by atoms with E-state index in [1.54, 1.807) is 30.3 Å². The summed E-state index contributed by atoms with van der Waals surface area (Å²) in [6.45, 7) is 2.92. The second-order valence-electron chi connectivity index (χ2n) is 5.78. The van der Waals surface area contributed by atoms with Gasteiger partial charge in [0.15, 0.2) is 0 Å². The van der Waals surface area contributed by atoms with E-state index in [0.29, 0.717) is 12.4 Å². The Labute approximate surface area is 147 Å². The van der Waals surface area contributed by atoms with Crippen molar-refractivity contribution in [3.63, 3.8) is 0 Å². The number of rotatable bonds is 8. The molecule has 0 amide bonds. The topological polar surface area (TPSA) is 68.5 Å². The molecule has 0 saturated carbocycles. The molecule has 25 heavy (non-hydrogen) atoms. The van der Waals surface area contributed by atoms with Crippen LogP contribution in [0.25, 0.3) is 10.8 Å². The maximum atomic E-state index is 12.4. The van der Waals surface area contributed by atoms with Gasteiger partial charge in [-0.2, -0.15) is 0 Å². The van der Waals surface area contributed by atoms with Crippen molar-refractivity contribution in [2.45, 2.75) is 31.2 Å². The minimum atomic E-state index is -3.60. The summed E-state index contributed by atoms with van der Waals surface area (Å²) in [6.07, 6.45) is 3.61. The number of sulfonamides is 1. The standard InChI is InChI=1S/C19H21NO4S/c1-2-3-10-23-17-8-6-16-13-19(9-7-15(16)12-17)25(21,22)20-14-18-5-4-11-24-18/h4-9,11-13,20H,2-3,10,14H2,1H3. The summed E-state index contributed by atoms with van der Waals surface area (Å²) in [5.41, 5.74) is 0. The molecule has 0 fully saturated rings. The summed E-state index contributed by atoms with van der Waals surface area (Å²) in [5, 5.41) is 1.79. The lowest BCUT2D eigenvalue weighted by atomic mass is 10.1. The second kappa shape index (κ2) is 7.72. The van der Waals surface area contributed by atoms with E-state index < -0.39 is 10.0 Å². The highest BCUT2D eigenvalue weighted by atomic mass is 32.2. The first-order valence-electron chi connectivity index (χ1n) is 8.27. The fourth-order valence-electron chi connectivity index (χ4n) is 2.46. The molecule has 0 bridgehead atoms. The molecule has 3 aromatic rings. The van der Waals surface area contributed by atoms with Crippen molar-refractivity contribution >= 4 is 20.8 Å². The molecule has 3 rings (SSSR count). The zero-order chi connectivity index (χ0) is 17.7. The average Bonchev–Trinajstić information content (AvgIpc) is 3.13. The Bertz CT molecular complexity index is 933. The van der Waals surface area contributed by atoms with Gasteiger partial charge in [0, 0.05) is 0 Å². The Morgan fingerprint density at radius 2 is 1.88 bits per heavy atom. The first-order valence-corrected chi connectivity index (χ1v) is 9.75. The molecule has 132 valence electrons. The molecule has 1 N–H and O–H groups in total. The van der Waals surface area contributed by atoms with Crippen molar-refractivity contribution in [1.29, 1.82) is 0 Å². The molecule has 5 nitrogen and oxygen atoms in total. The van der Waals surface area contributed by atoms with Gasteiger partial charge in [-0.3, -0.25) is 0 Å². The summed E-state index contributed by atoms with van der Waals surface area (Å²) in [7, 11) is -3.60. The molecule has 1 aromatic heterocycles. The van der Waals surface area contributed by atoms with E-state index in [9.17, 15) is 8.42 Å². The van der Waals surface area contributed by atoms with Crippen molar-refractivity contribution in [2.24, 2.45) is 0 Å². The summed E-state index contributed by atoms with van der Waals surface area (Å²) in [6, 6.07) is 14.2. The highest BCUT2D eigenvalue weighted by molar-refractivity contribution is 7.89.